The standard InChI is InChI=1S/C11H15ClN2OS/c1-7-6-14(4-3-9(7)12)11(15)10-5-13-8(2)16-10/h5,7,9H,3-4,6H2,1-2H3. The van der Waals surface area contributed by atoms with Gasteiger partial charge in [-0.3, -0.25) is 4.79 Å². The Kier molecular flexibility index (Phi) is 3.50. The van der Waals surface area contributed by atoms with Gasteiger partial charge in [0.25, 0.3) is 5.91 Å². The van der Waals surface area contributed by atoms with E-state index >= 15 is 0 Å². The van der Waals surface area contributed by atoms with Crippen molar-refractivity contribution in [2.24, 2.45) is 5.92 Å². The fraction of sp³-hybridized carbons (Fsp3) is 0.636. The summed E-state index contributed by atoms with van der Waals surface area (Å²) in [6, 6.07) is 0. The molecule has 2 unspecified atom stereocenters. The van der Waals surface area contributed by atoms with E-state index in [1.54, 1.807) is 6.20 Å². The molecule has 16 heavy (non-hydrogen) atoms. The Hall–Kier alpha value is -0.610. The number of piperidine rings is 1. The lowest BCUT2D eigenvalue weighted by Crippen LogP contribution is -2.43. The highest BCUT2D eigenvalue weighted by Crippen LogP contribution is 2.24. The van der Waals surface area contributed by atoms with Crippen molar-refractivity contribution in [1.82, 2.24) is 9.88 Å². The maximum Gasteiger partial charge on any atom is 0.265 e. The van der Waals surface area contributed by atoms with Crippen molar-refractivity contribution >= 4 is 28.8 Å². The molecule has 2 heterocycles. The molecule has 2 atom stereocenters. The molecule has 1 aliphatic heterocycles. The molecule has 0 saturated carbocycles. The molecule has 88 valence electrons. The van der Waals surface area contributed by atoms with Gasteiger partial charge in [-0.2, -0.15) is 0 Å². The van der Waals surface area contributed by atoms with E-state index in [1.165, 1.54) is 11.3 Å². The second kappa shape index (κ2) is 4.72. The van der Waals surface area contributed by atoms with Gasteiger partial charge >= 0.3 is 0 Å². The van der Waals surface area contributed by atoms with E-state index in [4.69, 9.17) is 11.6 Å². The number of halogens is 1. The number of hydrogen-bond acceptors (Lipinski definition) is 3. The van der Waals surface area contributed by atoms with Crippen LogP contribution in [0.2, 0.25) is 0 Å². The van der Waals surface area contributed by atoms with Crippen molar-refractivity contribution in [3.8, 4) is 0 Å². The number of hydrogen-bond donors (Lipinski definition) is 0. The Balaban J connectivity index is 2.06. The first-order valence-electron chi connectivity index (χ1n) is 5.43. The summed E-state index contributed by atoms with van der Waals surface area (Å²) >= 11 is 7.60. The number of carbonyl (C=O) groups excluding carboxylic acids is 1. The molecule has 0 aliphatic carbocycles. The Morgan fingerprint density at radius 3 is 3.00 bits per heavy atom. The molecule has 1 saturated heterocycles. The van der Waals surface area contributed by atoms with E-state index in [0.717, 1.165) is 29.4 Å². The molecule has 1 aliphatic rings. The lowest BCUT2D eigenvalue weighted by atomic mass is 9.99. The molecule has 5 heteroatoms. The first-order chi connectivity index (χ1) is 7.58. The third kappa shape index (κ3) is 2.38. The Morgan fingerprint density at radius 1 is 1.69 bits per heavy atom. The van der Waals surface area contributed by atoms with Gasteiger partial charge in [0.05, 0.1) is 11.2 Å². The zero-order valence-corrected chi connectivity index (χ0v) is 11.0. The van der Waals surface area contributed by atoms with Gasteiger partial charge in [-0.1, -0.05) is 6.92 Å². The van der Waals surface area contributed by atoms with Gasteiger partial charge in [0.1, 0.15) is 4.88 Å². The van der Waals surface area contributed by atoms with Gasteiger partial charge < -0.3 is 4.90 Å². The van der Waals surface area contributed by atoms with Crippen molar-refractivity contribution < 1.29 is 4.79 Å². The summed E-state index contributed by atoms with van der Waals surface area (Å²) < 4.78 is 0. The van der Waals surface area contributed by atoms with Crippen molar-refractivity contribution in [1.29, 1.82) is 0 Å². The number of thiazole rings is 1. The lowest BCUT2D eigenvalue weighted by molar-refractivity contribution is 0.0691. The number of rotatable bonds is 1. The van der Waals surface area contributed by atoms with Gasteiger partial charge in [-0.25, -0.2) is 4.98 Å². The van der Waals surface area contributed by atoms with E-state index in [1.807, 2.05) is 11.8 Å². The summed E-state index contributed by atoms with van der Waals surface area (Å²) in [4.78, 5) is 18.8. The van der Waals surface area contributed by atoms with Gasteiger partial charge in [0.15, 0.2) is 0 Å². The summed E-state index contributed by atoms with van der Waals surface area (Å²) in [5.41, 5.74) is 0. The van der Waals surface area contributed by atoms with Crippen molar-refractivity contribution in [3.05, 3.63) is 16.1 Å². The lowest BCUT2D eigenvalue weighted by Gasteiger charge is -2.33. The van der Waals surface area contributed by atoms with Crippen LogP contribution in [0.25, 0.3) is 0 Å². The fourth-order valence-corrected chi connectivity index (χ4v) is 2.84. The normalized spacial score (nSPS) is 25.8. The van der Waals surface area contributed by atoms with E-state index in [2.05, 4.69) is 11.9 Å². The number of alkyl halides is 1. The van der Waals surface area contributed by atoms with Crippen LogP contribution in [-0.2, 0) is 0 Å². The van der Waals surface area contributed by atoms with E-state index in [-0.39, 0.29) is 11.3 Å². The molecule has 2 rings (SSSR count). The number of nitrogens with zero attached hydrogens (tertiary/aromatic N) is 2. The van der Waals surface area contributed by atoms with Gasteiger partial charge in [-0.15, -0.1) is 22.9 Å². The van der Waals surface area contributed by atoms with Crippen molar-refractivity contribution in [3.63, 3.8) is 0 Å². The monoisotopic (exact) mass is 258 g/mol. The van der Waals surface area contributed by atoms with Gasteiger partial charge in [-0.05, 0) is 19.3 Å². The van der Waals surface area contributed by atoms with Crippen LogP contribution in [0.3, 0.4) is 0 Å². The van der Waals surface area contributed by atoms with Crippen LogP contribution in [0.5, 0.6) is 0 Å². The molecule has 0 bridgehead atoms. The summed E-state index contributed by atoms with van der Waals surface area (Å²) in [5.74, 6) is 0.467. The minimum absolute atomic E-state index is 0.0982. The smallest absolute Gasteiger partial charge is 0.265 e. The third-order valence-corrected chi connectivity index (χ3v) is 4.47. The molecule has 0 spiro atoms. The van der Waals surface area contributed by atoms with Crippen LogP contribution in [0.15, 0.2) is 6.20 Å². The molecule has 1 fully saturated rings. The molecular weight excluding hydrogens is 244 g/mol. The Morgan fingerprint density at radius 2 is 2.44 bits per heavy atom. The molecule has 1 aromatic rings. The number of amides is 1. The summed E-state index contributed by atoms with van der Waals surface area (Å²) in [6.45, 7) is 5.52. The van der Waals surface area contributed by atoms with E-state index in [9.17, 15) is 4.79 Å². The van der Waals surface area contributed by atoms with Crippen LogP contribution < -0.4 is 0 Å². The third-order valence-electron chi connectivity index (χ3n) is 2.92. The molecule has 0 N–H and O–H groups in total. The molecule has 0 aromatic carbocycles. The zero-order chi connectivity index (χ0) is 11.7. The predicted octanol–water partition coefficient (Wildman–Crippen LogP) is 2.54. The SMILES string of the molecule is Cc1ncc(C(=O)N2CCC(Cl)C(C)C2)s1. The summed E-state index contributed by atoms with van der Waals surface area (Å²) in [7, 11) is 0. The fourth-order valence-electron chi connectivity index (χ4n) is 1.92. The van der Waals surface area contributed by atoms with E-state index in [0.29, 0.717) is 5.92 Å². The average Bonchev–Trinajstić information content (AvgIpc) is 2.68. The second-order valence-corrected chi connectivity index (χ2v) is 6.07. The van der Waals surface area contributed by atoms with Crippen molar-refractivity contribution in [2.75, 3.05) is 13.1 Å². The molecular formula is C11H15ClN2OS. The maximum absolute atomic E-state index is 12.1. The highest BCUT2D eigenvalue weighted by atomic mass is 35.5. The first kappa shape index (κ1) is 11.9. The number of carbonyl (C=O) groups is 1. The van der Waals surface area contributed by atoms with Crippen LogP contribution >= 0.6 is 22.9 Å². The van der Waals surface area contributed by atoms with E-state index < -0.39 is 0 Å². The molecule has 0 radical (unpaired) electrons. The first-order valence-corrected chi connectivity index (χ1v) is 6.69. The van der Waals surface area contributed by atoms with Crippen LogP contribution in [0, 0.1) is 12.8 Å². The average molecular weight is 259 g/mol. The van der Waals surface area contributed by atoms with Crippen LogP contribution in [0.4, 0.5) is 0 Å². The van der Waals surface area contributed by atoms with Crippen LogP contribution in [-0.4, -0.2) is 34.3 Å². The maximum atomic E-state index is 12.1. The molecule has 1 aromatic heterocycles. The minimum Gasteiger partial charge on any atom is -0.338 e. The summed E-state index contributed by atoms with van der Waals surface area (Å²) in [5, 5.41) is 1.14. The summed E-state index contributed by atoms with van der Waals surface area (Å²) in [6.07, 6.45) is 2.55. The molecule has 3 nitrogen and oxygen atoms in total. The zero-order valence-electron chi connectivity index (χ0n) is 9.44. The Bertz CT molecular complexity index is 393. The minimum atomic E-state index is 0.0982. The van der Waals surface area contributed by atoms with Crippen molar-refractivity contribution in [2.45, 2.75) is 25.6 Å². The molecule has 1 amide bonds. The largest absolute Gasteiger partial charge is 0.338 e. The van der Waals surface area contributed by atoms with Gasteiger partial charge in [0.2, 0.25) is 0 Å². The number of aryl methyl sites for hydroxylation is 1. The van der Waals surface area contributed by atoms with Gasteiger partial charge in [0, 0.05) is 18.5 Å². The second-order valence-electron chi connectivity index (χ2n) is 4.28. The predicted molar refractivity (Wildman–Crippen MR) is 66.2 cm³/mol. The number of likely N-dealkylation sites (tertiary alicyclic amines) is 1. The topological polar surface area (TPSA) is 33.2 Å². The highest BCUT2D eigenvalue weighted by Gasteiger charge is 2.28. The van der Waals surface area contributed by atoms with Crippen LogP contribution in [0.1, 0.15) is 28.0 Å². The quantitative estimate of drug-likeness (QED) is 0.726. The number of aromatic nitrogens is 1. The highest BCUT2D eigenvalue weighted by molar-refractivity contribution is 7.13. The Labute approximate surface area is 104 Å².